The van der Waals surface area contributed by atoms with E-state index in [4.69, 9.17) is 25.8 Å². The number of methoxy groups -OCH3 is 1. The molecule has 2 aromatic carbocycles. The van der Waals surface area contributed by atoms with Gasteiger partial charge >= 0.3 is 11.9 Å². The summed E-state index contributed by atoms with van der Waals surface area (Å²) in [4.78, 5) is 38.6. The number of halogens is 1. The number of nitrogens with zero attached hydrogens (tertiary/aromatic N) is 2. The zero-order chi connectivity index (χ0) is 22.7. The van der Waals surface area contributed by atoms with Crippen molar-refractivity contribution in [1.29, 1.82) is 0 Å². The van der Waals surface area contributed by atoms with E-state index in [1.165, 1.54) is 37.5 Å². The van der Waals surface area contributed by atoms with Crippen molar-refractivity contribution in [3.63, 3.8) is 0 Å². The highest BCUT2D eigenvalue weighted by Crippen LogP contribution is 2.31. The first-order chi connectivity index (χ1) is 14.7. The number of ether oxygens (including phenoxy) is 3. The van der Waals surface area contributed by atoms with Gasteiger partial charge < -0.3 is 14.2 Å². The number of nitro groups is 1. The second-order valence-corrected chi connectivity index (χ2v) is 7.15. The first-order valence-electron chi connectivity index (χ1n) is 9.06. The Morgan fingerprint density at radius 1 is 1.23 bits per heavy atom. The van der Waals surface area contributed by atoms with Gasteiger partial charge in [0, 0.05) is 12.1 Å². The third kappa shape index (κ3) is 4.89. The molecule has 0 unspecified atom stereocenters. The van der Waals surface area contributed by atoms with Gasteiger partial charge in [0.15, 0.2) is 17.2 Å². The molecule has 0 N–H and O–H groups in total. The number of benzene rings is 2. The van der Waals surface area contributed by atoms with Crippen LogP contribution in [-0.4, -0.2) is 29.9 Å². The minimum absolute atomic E-state index is 0.0356. The molecule has 0 aliphatic carbocycles. The van der Waals surface area contributed by atoms with Crippen LogP contribution in [0.1, 0.15) is 25.0 Å². The summed E-state index contributed by atoms with van der Waals surface area (Å²) in [5, 5.41) is 11.2. The fourth-order valence-electron chi connectivity index (χ4n) is 2.56. The van der Waals surface area contributed by atoms with Crippen molar-refractivity contribution in [3.8, 4) is 11.5 Å². The predicted molar refractivity (Wildman–Crippen MR) is 112 cm³/mol. The summed E-state index contributed by atoms with van der Waals surface area (Å²) in [5.41, 5.74) is 0.405. The van der Waals surface area contributed by atoms with E-state index in [0.717, 1.165) is 0 Å². The Bertz CT molecular complexity index is 1140. The zero-order valence-corrected chi connectivity index (χ0v) is 17.5. The normalized spacial score (nSPS) is 14.4. The number of carbonyl (C=O) groups excluding carboxylic acids is 2. The standard InChI is InChI=1S/C21H17ClN2O7/c1-11(2)20(25)30-17-7-4-12(9-18(17)29-3)8-16-21(26)31-19(23-16)14-10-13(24(27)28)5-6-15(14)22/h4-11H,1-3H3/b16-8-. The molecule has 1 aliphatic heterocycles. The smallest absolute Gasteiger partial charge is 0.363 e. The molecule has 0 fully saturated rings. The zero-order valence-electron chi connectivity index (χ0n) is 16.7. The van der Waals surface area contributed by atoms with E-state index in [-0.39, 0.29) is 39.5 Å². The third-order valence-corrected chi connectivity index (χ3v) is 4.51. The summed E-state index contributed by atoms with van der Waals surface area (Å²) < 4.78 is 15.7. The molecule has 0 bridgehead atoms. The number of carbonyl (C=O) groups is 2. The number of aliphatic imine (C=N–C) groups is 1. The van der Waals surface area contributed by atoms with E-state index >= 15 is 0 Å². The lowest BCUT2D eigenvalue weighted by Crippen LogP contribution is -2.15. The highest BCUT2D eigenvalue weighted by Gasteiger charge is 2.27. The van der Waals surface area contributed by atoms with Crippen LogP contribution in [0.5, 0.6) is 11.5 Å². The van der Waals surface area contributed by atoms with Crippen molar-refractivity contribution in [3.05, 3.63) is 68.4 Å². The van der Waals surface area contributed by atoms with Crippen LogP contribution in [0.2, 0.25) is 5.02 Å². The van der Waals surface area contributed by atoms with Crippen molar-refractivity contribution in [2.45, 2.75) is 13.8 Å². The monoisotopic (exact) mass is 444 g/mol. The summed E-state index contributed by atoms with van der Waals surface area (Å²) >= 11 is 6.09. The van der Waals surface area contributed by atoms with E-state index in [0.29, 0.717) is 11.3 Å². The molecule has 31 heavy (non-hydrogen) atoms. The number of nitro benzene ring substituents is 1. The SMILES string of the molecule is COc1cc(/C=C2\N=C(c3cc([N+](=O)[O-])ccc3Cl)OC2=O)ccc1OC(=O)C(C)C. The van der Waals surface area contributed by atoms with Gasteiger partial charge in [0.1, 0.15) is 0 Å². The Morgan fingerprint density at radius 3 is 2.61 bits per heavy atom. The Kier molecular flexibility index (Phi) is 6.36. The van der Waals surface area contributed by atoms with E-state index in [1.54, 1.807) is 26.0 Å². The maximum atomic E-state index is 12.3. The van der Waals surface area contributed by atoms with Gasteiger partial charge in [-0.05, 0) is 29.8 Å². The molecule has 160 valence electrons. The molecule has 9 nitrogen and oxygen atoms in total. The Morgan fingerprint density at radius 2 is 1.97 bits per heavy atom. The number of esters is 2. The third-order valence-electron chi connectivity index (χ3n) is 4.18. The summed E-state index contributed by atoms with van der Waals surface area (Å²) in [6.45, 7) is 3.42. The first-order valence-corrected chi connectivity index (χ1v) is 9.44. The van der Waals surface area contributed by atoms with Crippen LogP contribution in [0.4, 0.5) is 5.69 Å². The molecule has 0 spiro atoms. The molecule has 0 saturated carbocycles. The Hall–Kier alpha value is -3.72. The lowest BCUT2D eigenvalue weighted by atomic mass is 10.1. The fourth-order valence-corrected chi connectivity index (χ4v) is 2.76. The topological polar surface area (TPSA) is 117 Å². The molecule has 1 heterocycles. The van der Waals surface area contributed by atoms with Crippen LogP contribution in [0.25, 0.3) is 6.08 Å². The average Bonchev–Trinajstić information content (AvgIpc) is 3.09. The van der Waals surface area contributed by atoms with Crippen LogP contribution in [0.15, 0.2) is 47.1 Å². The van der Waals surface area contributed by atoms with Crippen LogP contribution < -0.4 is 9.47 Å². The minimum Gasteiger partial charge on any atom is -0.493 e. The molecule has 0 aromatic heterocycles. The molecule has 10 heteroatoms. The number of cyclic esters (lactones) is 1. The highest BCUT2D eigenvalue weighted by atomic mass is 35.5. The Balaban J connectivity index is 1.93. The molecular formula is C21H17ClN2O7. The Labute approximate surface area is 182 Å². The van der Waals surface area contributed by atoms with Gasteiger partial charge in [-0.15, -0.1) is 0 Å². The summed E-state index contributed by atoms with van der Waals surface area (Å²) in [6.07, 6.45) is 1.44. The maximum Gasteiger partial charge on any atom is 0.363 e. The van der Waals surface area contributed by atoms with E-state index < -0.39 is 16.9 Å². The summed E-state index contributed by atoms with van der Waals surface area (Å²) in [5.74, 6) is -1.07. The molecule has 0 saturated heterocycles. The van der Waals surface area contributed by atoms with Crippen molar-refractivity contribution >= 4 is 41.2 Å². The molecule has 1 aliphatic rings. The largest absolute Gasteiger partial charge is 0.493 e. The number of rotatable bonds is 6. The lowest BCUT2D eigenvalue weighted by molar-refractivity contribution is -0.384. The van der Waals surface area contributed by atoms with Gasteiger partial charge in [-0.1, -0.05) is 31.5 Å². The van der Waals surface area contributed by atoms with Crippen LogP contribution in [-0.2, 0) is 14.3 Å². The van der Waals surface area contributed by atoms with Crippen LogP contribution >= 0.6 is 11.6 Å². The second kappa shape index (κ2) is 8.97. The molecule has 0 amide bonds. The van der Waals surface area contributed by atoms with Crippen molar-refractivity contribution in [2.24, 2.45) is 10.9 Å². The van der Waals surface area contributed by atoms with E-state index in [1.807, 2.05) is 0 Å². The first kappa shape index (κ1) is 22.0. The second-order valence-electron chi connectivity index (χ2n) is 6.74. The van der Waals surface area contributed by atoms with Gasteiger partial charge in [-0.2, -0.15) is 0 Å². The highest BCUT2D eigenvalue weighted by molar-refractivity contribution is 6.34. The van der Waals surface area contributed by atoms with Gasteiger partial charge in [0.25, 0.3) is 5.69 Å². The van der Waals surface area contributed by atoms with E-state index in [2.05, 4.69) is 4.99 Å². The van der Waals surface area contributed by atoms with Crippen molar-refractivity contribution in [1.82, 2.24) is 0 Å². The maximum absolute atomic E-state index is 12.3. The molecule has 0 radical (unpaired) electrons. The van der Waals surface area contributed by atoms with Gasteiger partial charge in [-0.3, -0.25) is 14.9 Å². The predicted octanol–water partition coefficient (Wildman–Crippen LogP) is 4.16. The molecule has 3 rings (SSSR count). The number of non-ortho nitro benzene ring substituents is 1. The molecule has 2 aromatic rings. The average molecular weight is 445 g/mol. The van der Waals surface area contributed by atoms with Gasteiger partial charge in [-0.25, -0.2) is 9.79 Å². The minimum atomic E-state index is -0.744. The molecular weight excluding hydrogens is 428 g/mol. The molecule has 0 atom stereocenters. The number of hydrogen-bond donors (Lipinski definition) is 0. The van der Waals surface area contributed by atoms with Gasteiger partial charge in [0.05, 0.1) is 28.5 Å². The quantitative estimate of drug-likeness (QED) is 0.216. The van der Waals surface area contributed by atoms with Gasteiger partial charge in [0.2, 0.25) is 5.90 Å². The van der Waals surface area contributed by atoms with Crippen molar-refractivity contribution < 1.29 is 28.7 Å². The number of hydrogen-bond acceptors (Lipinski definition) is 8. The summed E-state index contributed by atoms with van der Waals surface area (Å²) in [7, 11) is 1.42. The van der Waals surface area contributed by atoms with E-state index in [9.17, 15) is 19.7 Å². The van der Waals surface area contributed by atoms with Crippen LogP contribution in [0, 0.1) is 16.0 Å². The summed E-state index contributed by atoms with van der Waals surface area (Å²) in [6, 6.07) is 8.46. The lowest BCUT2D eigenvalue weighted by Gasteiger charge is -2.11. The van der Waals surface area contributed by atoms with Crippen LogP contribution in [0.3, 0.4) is 0 Å². The van der Waals surface area contributed by atoms with Crippen molar-refractivity contribution in [2.75, 3.05) is 7.11 Å². The fraction of sp³-hybridized carbons (Fsp3) is 0.190.